The number of hydrogen-bond donors (Lipinski definition) is 1. The standard InChI is InChI=1S/C9H14N2O/c1-7-8(6-11-12-7)5-10-9-3-2-4-9/h6,9-10H,2-5H2,1H3. The van der Waals surface area contributed by atoms with Gasteiger partial charge in [-0.15, -0.1) is 0 Å². The fourth-order valence-electron chi connectivity index (χ4n) is 1.36. The van der Waals surface area contributed by atoms with Gasteiger partial charge in [-0.05, 0) is 19.8 Å². The fraction of sp³-hybridized carbons (Fsp3) is 0.667. The molecule has 1 aliphatic rings. The molecule has 66 valence electrons. The smallest absolute Gasteiger partial charge is 0.138 e. The number of aryl methyl sites for hydroxylation is 1. The topological polar surface area (TPSA) is 38.1 Å². The Morgan fingerprint density at radius 1 is 1.67 bits per heavy atom. The van der Waals surface area contributed by atoms with Crippen LogP contribution >= 0.6 is 0 Å². The molecule has 0 amide bonds. The van der Waals surface area contributed by atoms with Crippen molar-refractivity contribution in [2.45, 2.75) is 38.8 Å². The van der Waals surface area contributed by atoms with Gasteiger partial charge in [0, 0.05) is 18.2 Å². The highest BCUT2D eigenvalue weighted by Crippen LogP contribution is 2.18. The van der Waals surface area contributed by atoms with Crippen molar-refractivity contribution in [1.29, 1.82) is 0 Å². The lowest BCUT2D eigenvalue weighted by molar-refractivity contribution is 0.336. The second kappa shape index (κ2) is 3.27. The Kier molecular flexibility index (Phi) is 2.13. The monoisotopic (exact) mass is 166 g/mol. The quantitative estimate of drug-likeness (QED) is 0.741. The van der Waals surface area contributed by atoms with Crippen LogP contribution in [-0.2, 0) is 6.54 Å². The molecule has 0 radical (unpaired) electrons. The highest BCUT2D eigenvalue weighted by Gasteiger charge is 2.16. The molecule has 1 saturated carbocycles. The minimum atomic E-state index is 0.735. The lowest BCUT2D eigenvalue weighted by Crippen LogP contribution is -2.34. The first-order chi connectivity index (χ1) is 5.86. The fourth-order valence-corrected chi connectivity index (χ4v) is 1.36. The van der Waals surface area contributed by atoms with Crippen LogP contribution in [0.25, 0.3) is 0 Å². The summed E-state index contributed by atoms with van der Waals surface area (Å²) in [6.45, 7) is 2.85. The maximum absolute atomic E-state index is 4.96. The first kappa shape index (κ1) is 7.80. The zero-order valence-corrected chi connectivity index (χ0v) is 7.34. The summed E-state index contributed by atoms with van der Waals surface area (Å²) in [4.78, 5) is 0. The van der Waals surface area contributed by atoms with Crippen LogP contribution in [0.3, 0.4) is 0 Å². The van der Waals surface area contributed by atoms with E-state index in [1.807, 2.05) is 6.92 Å². The Morgan fingerprint density at radius 2 is 2.50 bits per heavy atom. The lowest BCUT2D eigenvalue weighted by atomic mass is 9.93. The molecule has 3 nitrogen and oxygen atoms in total. The third-order valence-electron chi connectivity index (χ3n) is 2.54. The van der Waals surface area contributed by atoms with Crippen LogP contribution < -0.4 is 5.32 Å². The molecular formula is C9H14N2O. The molecule has 0 bridgehead atoms. The number of aromatic nitrogens is 1. The van der Waals surface area contributed by atoms with Crippen LogP contribution in [0, 0.1) is 6.92 Å². The van der Waals surface area contributed by atoms with Gasteiger partial charge in [0.1, 0.15) is 5.76 Å². The molecule has 2 rings (SSSR count). The van der Waals surface area contributed by atoms with Gasteiger partial charge in [0.2, 0.25) is 0 Å². The van der Waals surface area contributed by atoms with Crippen molar-refractivity contribution in [3.05, 3.63) is 17.5 Å². The Balaban J connectivity index is 1.82. The molecule has 3 heteroatoms. The largest absolute Gasteiger partial charge is 0.361 e. The van der Waals surface area contributed by atoms with Crippen LogP contribution in [0.15, 0.2) is 10.7 Å². The molecule has 0 saturated heterocycles. The van der Waals surface area contributed by atoms with Crippen molar-refractivity contribution in [3.8, 4) is 0 Å². The second-order valence-electron chi connectivity index (χ2n) is 3.42. The summed E-state index contributed by atoms with van der Waals surface area (Å²) in [6.07, 6.45) is 5.82. The lowest BCUT2D eigenvalue weighted by Gasteiger charge is -2.26. The van der Waals surface area contributed by atoms with Gasteiger partial charge >= 0.3 is 0 Å². The predicted molar refractivity (Wildman–Crippen MR) is 45.7 cm³/mol. The molecule has 1 fully saturated rings. The molecule has 1 aromatic heterocycles. The summed E-state index contributed by atoms with van der Waals surface area (Å²) in [5.41, 5.74) is 1.18. The number of rotatable bonds is 3. The Hall–Kier alpha value is -0.830. The highest BCUT2D eigenvalue weighted by atomic mass is 16.5. The van der Waals surface area contributed by atoms with Crippen molar-refractivity contribution < 1.29 is 4.52 Å². The molecule has 1 N–H and O–H groups in total. The molecular weight excluding hydrogens is 152 g/mol. The van der Waals surface area contributed by atoms with Gasteiger partial charge in [-0.3, -0.25) is 0 Å². The molecule has 1 aromatic rings. The number of nitrogens with one attached hydrogen (secondary N) is 1. The first-order valence-electron chi connectivity index (χ1n) is 4.50. The van der Waals surface area contributed by atoms with Crippen molar-refractivity contribution in [3.63, 3.8) is 0 Å². The van der Waals surface area contributed by atoms with Crippen LogP contribution in [0.1, 0.15) is 30.6 Å². The van der Waals surface area contributed by atoms with E-state index in [4.69, 9.17) is 4.52 Å². The minimum absolute atomic E-state index is 0.735. The van der Waals surface area contributed by atoms with Gasteiger partial charge in [0.25, 0.3) is 0 Å². The van der Waals surface area contributed by atoms with E-state index in [9.17, 15) is 0 Å². The summed E-state index contributed by atoms with van der Waals surface area (Å²) in [5, 5.41) is 7.19. The number of hydrogen-bond acceptors (Lipinski definition) is 3. The zero-order valence-electron chi connectivity index (χ0n) is 7.34. The summed E-state index contributed by atoms with van der Waals surface area (Å²) >= 11 is 0. The average Bonchev–Trinajstić information content (AvgIpc) is 2.33. The predicted octanol–water partition coefficient (Wildman–Crippen LogP) is 1.63. The molecule has 0 aliphatic heterocycles. The van der Waals surface area contributed by atoms with Gasteiger partial charge in [-0.25, -0.2) is 0 Å². The molecule has 0 atom stereocenters. The Bertz CT molecular complexity index is 253. The van der Waals surface area contributed by atoms with Gasteiger partial charge < -0.3 is 9.84 Å². The zero-order chi connectivity index (χ0) is 8.39. The summed E-state index contributed by atoms with van der Waals surface area (Å²) in [7, 11) is 0. The van der Waals surface area contributed by atoms with Gasteiger partial charge in [-0.1, -0.05) is 11.6 Å². The molecule has 1 aliphatic carbocycles. The van der Waals surface area contributed by atoms with Crippen LogP contribution in [0.4, 0.5) is 0 Å². The molecule has 12 heavy (non-hydrogen) atoms. The van der Waals surface area contributed by atoms with E-state index in [0.29, 0.717) is 0 Å². The molecule has 1 heterocycles. The second-order valence-corrected chi connectivity index (χ2v) is 3.42. The van der Waals surface area contributed by atoms with Gasteiger partial charge in [0.05, 0.1) is 6.20 Å². The molecule has 0 spiro atoms. The van der Waals surface area contributed by atoms with E-state index < -0.39 is 0 Å². The average molecular weight is 166 g/mol. The summed E-state index contributed by atoms with van der Waals surface area (Å²) in [6, 6.07) is 0.735. The Labute approximate surface area is 72.1 Å². The van der Waals surface area contributed by atoms with E-state index in [-0.39, 0.29) is 0 Å². The molecule has 0 aromatic carbocycles. The maximum atomic E-state index is 4.96. The SMILES string of the molecule is Cc1oncc1CNC1CCC1. The number of nitrogens with zero attached hydrogens (tertiary/aromatic N) is 1. The minimum Gasteiger partial charge on any atom is -0.361 e. The normalized spacial score (nSPS) is 17.8. The third kappa shape index (κ3) is 1.50. The first-order valence-corrected chi connectivity index (χ1v) is 4.50. The van der Waals surface area contributed by atoms with Crippen molar-refractivity contribution >= 4 is 0 Å². The summed E-state index contributed by atoms with van der Waals surface area (Å²) < 4.78 is 4.96. The van der Waals surface area contributed by atoms with Gasteiger partial charge in [0.15, 0.2) is 0 Å². The van der Waals surface area contributed by atoms with E-state index in [2.05, 4.69) is 10.5 Å². The van der Waals surface area contributed by atoms with E-state index in [1.165, 1.54) is 24.8 Å². The maximum Gasteiger partial charge on any atom is 0.138 e. The van der Waals surface area contributed by atoms with Crippen LogP contribution in [0.2, 0.25) is 0 Å². The van der Waals surface area contributed by atoms with E-state index >= 15 is 0 Å². The van der Waals surface area contributed by atoms with E-state index in [1.54, 1.807) is 6.20 Å². The van der Waals surface area contributed by atoms with E-state index in [0.717, 1.165) is 18.3 Å². The third-order valence-corrected chi connectivity index (χ3v) is 2.54. The highest BCUT2D eigenvalue weighted by molar-refractivity contribution is 5.11. The molecule has 0 unspecified atom stereocenters. The Morgan fingerprint density at radius 3 is 3.00 bits per heavy atom. The van der Waals surface area contributed by atoms with Crippen LogP contribution in [-0.4, -0.2) is 11.2 Å². The van der Waals surface area contributed by atoms with Crippen molar-refractivity contribution in [2.75, 3.05) is 0 Å². The van der Waals surface area contributed by atoms with Crippen molar-refractivity contribution in [2.24, 2.45) is 0 Å². The van der Waals surface area contributed by atoms with Gasteiger partial charge in [-0.2, -0.15) is 0 Å². The summed E-state index contributed by atoms with van der Waals surface area (Å²) in [5.74, 6) is 0.932. The van der Waals surface area contributed by atoms with Crippen molar-refractivity contribution in [1.82, 2.24) is 10.5 Å². The van der Waals surface area contributed by atoms with Crippen LogP contribution in [0.5, 0.6) is 0 Å².